The van der Waals surface area contributed by atoms with Gasteiger partial charge in [-0.1, -0.05) is 6.42 Å². The Morgan fingerprint density at radius 1 is 1.60 bits per heavy atom. The normalized spacial score (nSPS) is 21.7. The molecule has 0 saturated heterocycles. The van der Waals surface area contributed by atoms with Gasteiger partial charge in [-0.3, -0.25) is 0 Å². The van der Waals surface area contributed by atoms with Crippen LogP contribution in [0.5, 0.6) is 0 Å². The van der Waals surface area contributed by atoms with Crippen molar-refractivity contribution in [2.45, 2.75) is 37.5 Å². The second-order valence-corrected chi connectivity index (χ2v) is 5.87. The maximum atomic E-state index is 11.8. The molecule has 3 N–H and O–H groups in total. The summed E-state index contributed by atoms with van der Waals surface area (Å²) in [5, 5.41) is 3.95. The first-order valence-corrected chi connectivity index (χ1v) is 8.17. The second-order valence-electron chi connectivity index (χ2n) is 4.80. The molecule has 1 fully saturated rings. The van der Waals surface area contributed by atoms with Gasteiger partial charge in [-0.05, 0) is 32.1 Å². The van der Waals surface area contributed by atoms with Crippen LogP contribution in [0.3, 0.4) is 0 Å². The van der Waals surface area contributed by atoms with E-state index in [1.165, 1.54) is 12.8 Å². The molecule has 0 spiro atoms. The zero-order valence-corrected chi connectivity index (χ0v) is 12.7. The van der Waals surface area contributed by atoms with Gasteiger partial charge in [0.25, 0.3) is 0 Å². The summed E-state index contributed by atoms with van der Waals surface area (Å²) in [5.74, 6) is 0.185. The minimum Gasteiger partial charge on any atom is -0.462 e. The van der Waals surface area contributed by atoms with Gasteiger partial charge in [0.05, 0.1) is 17.9 Å². The molecular weight excluding hydrogens is 274 g/mol. The number of pyridine rings is 1. The average Bonchev–Trinajstić information content (AvgIpc) is 2.88. The first-order chi connectivity index (χ1) is 9.67. The Bertz CT molecular complexity index is 481. The molecule has 1 saturated carbocycles. The Balaban J connectivity index is 2.16. The third kappa shape index (κ3) is 3.17. The number of nitrogens with two attached hydrogens (primary N) is 1. The number of carbonyl (C=O) groups is 1. The molecule has 1 aliphatic carbocycles. The summed E-state index contributed by atoms with van der Waals surface area (Å²) in [6.07, 6.45) is 7.23. The molecule has 1 aliphatic rings. The number of esters is 1. The van der Waals surface area contributed by atoms with Gasteiger partial charge >= 0.3 is 5.97 Å². The highest BCUT2D eigenvalue weighted by Gasteiger charge is 2.27. The number of hydrogen-bond donors (Lipinski definition) is 2. The van der Waals surface area contributed by atoms with Crippen molar-refractivity contribution in [3.63, 3.8) is 0 Å². The van der Waals surface area contributed by atoms with Crippen molar-refractivity contribution in [1.82, 2.24) is 4.98 Å². The quantitative estimate of drug-likeness (QED) is 0.813. The van der Waals surface area contributed by atoms with Crippen LogP contribution in [0.2, 0.25) is 0 Å². The summed E-state index contributed by atoms with van der Waals surface area (Å²) in [4.78, 5) is 16.1. The Morgan fingerprint density at radius 2 is 2.40 bits per heavy atom. The molecule has 0 aliphatic heterocycles. The molecule has 20 heavy (non-hydrogen) atoms. The number of anilines is 2. The predicted octanol–water partition coefficient (Wildman–Crippen LogP) is 2.54. The van der Waals surface area contributed by atoms with Crippen molar-refractivity contribution >= 4 is 29.2 Å². The fourth-order valence-electron chi connectivity index (χ4n) is 2.52. The topological polar surface area (TPSA) is 77.2 Å². The Labute approximate surface area is 123 Å². The van der Waals surface area contributed by atoms with E-state index < -0.39 is 5.97 Å². The first kappa shape index (κ1) is 15.0. The second kappa shape index (κ2) is 6.83. The number of nitrogen functional groups attached to an aromatic ring is 1. The molecule has 6 heteroatoms. The van der Waals surface area contributed by atoms with Crippen molar-refractivity contribution in [3.8, 4) is 0 Å². The van der Waals surface area contributed by atoms with Gasteiger partial charge in [0.1, 0.15) is 5.82 Å². The lowest BCUT2D eigenvalue weighted by molar-refractivity contribution is 0.0527. The number of nitrogens with zero attached hydrogens (tertiary/aromatic N) is 1. The highest BCUT2D eigenvalue weighted by atomic mass is 32.2. The maximum absolute atomic E-state index is 11.8. The molecule has 110 valence electrons. The van der Waals surface area contributed by atoms with E-state index in [9.17, 15) is 4.79 Å². The van der Waals surface area contributed by atoms with E-state index in [1.54, 1.807) is 19.2 Å². The van der Waals surface area contributed by atoms with E-state index in [4.69, 9.17) is 10.5 Å². The van der Waals surface area contributed by atoms with Crippen LogP contribution in [-0.2, 0) is 4.74 Å². The van der Waals surface area contributed by atoms with Gasteiger partial charge in [0, 0.05) is 17.5 Å². The molecule has 1 heterocycles. The first-order valence-electron chi connectivity index (χ1n) is 6.88. The number of aromatic nitrogens is 1. The highest BCUT2D eigenvalue weighted by Crippen LogP contribution is 2.32. The zero-order valence-electron chi connectivity index (χ0n) is 11.9. The number of thioether (sulfide) groups is 1. The van der Waals surface area contributed by atoms with Gasteiger partial charge in [-0.2, -0.15) is 11.8 Å². The lowest BCUT2D eigenvalue weighted by Gasteiger charge is -2.21. The van der Waals surface area contributed by atoms with E-state index in [0.717, 1.165) is 6.42 Å². The molecule has 0 aromatic carbocycles. The van der Waals surface area contributed by atoms with Gasteiger partial charge < -0.3 is 15.8 Å². The van der Waals surface area contributed by atoms with Crippen LogP contribution >= 0.6 is 11.8 Å². The van der Waals surface area contributed by atoms with Crippen LogP contribution in [-0.4, -0.2) is 35.1 Å². The van der Waals surface area contributed by atoms with Gasteiger partial charge in [-0.25, -0.2) is 9.78 Å². The molecule has 5 nitrogen and oxygen atoms in total. The van der Waals surface area contributed by atoms with E-state index in [0.29, 0.717) is 35.0 Å². The summed E-state index contributed by atoms with van der Waals surface area (Å²) < 4.78 is 5.00. The van der Waals surface area contributed by atoms with Crippen LogP contribution in [0.1, 0.15) is 36.5 Å². The SMILES string of the molecule is CCOC(=O)c1ccnc(NC2CCCC2SC)c1N. The highest BCUT2D eigenvalue weighted by molar-refractivity contribution is 7.99. The molecular formula is C14H21N3O2S. The molecule has 1 aromatic heterocycles. The minimum atomic E-state index is -0.400. The molecule has 2 unspecified atom stereocenters. The number of carbonyl (C=O) groups excluding carboxylic acids is 1. The van der Waals surface area contributed by atoms with Crippen LogP contribution in [0.25, 0.3) is 0 Å². The van der Waals surface area contributed by atoms with Crippen molar-refractivity contribution in [3.05, 3.63) is 17.8 Å². The zero-order chi connectivity index (χ0) is 14.5. The maximum Gasteiger partial charge on any atom is 0.340 e. The van der Waals surface area contributed by atoms with E-state index in [2.05, 4.69) is 16.6 Å². The summed E-state index contributed by atoms with van der Waals surface area (Å²) in [6.45, 7) is 2.11. The van der Waals surface area contributed by atoms with Crippen molar-refractivity contribution in [1.29, 1.82) is 0 Å². The predicted molar refractivity (Wildman–Crippen MR) is 83.2 cm³/mol. The molecule has 0 radical (unpaired) electrons. The van der Waals surface area contributed by atoms with Crippen LogP contribution in [0.15, 0.2) is 12.3 Å². The van der Waals surface area contributed by atoms with E-state index in [1.807, 2.05) is 11.8 Å². The Kier molecular flexibility index (Phi) is 5.11. The van der Waals surface area contributed by atoms with Crippen LogP contribution in [0, 0.1) is 0 Å². The van der Waals surface area contributed by atoms with Crippen molar-refractivity contribution in [2.75, 3.05) is 23.9 Å². The number of nitrogens with one attached hydrogen (secondary N) is 1. The lowest BCUT2D eigenvalue weighted by Crippen LogP contribution is -2.27. The van der Waals surface area contributed by atoms with Crippen molar-refractivity contribution in [2.24, 2.45) is 0 Å². The van der Waals surface area contributed by atoms with E-state index >= 15 is 0 Å². The molecule has 0 bridgehead atoms. The van der Waals surface area contributed by atoms with Crippen molar-refractivity contribution < 1.29 is 9.53 Å². The molecule has 2 rings (SSSR count). The van der Waals surface area contributed by atoms with E-state index in [-0.39, 0.29) is 0 Å². The Morgan fingerprint density at radius 3 is 3.10 bits per heavy atom. The summed E-state index contributed by atoms with van der Waals surface area (Å²) in [7, 11) is 0. The van der Waals surface area contributed by atoms with Gasteiger partial charge in [-0.15, -0.1) is 0 Å². The fraction of sp³-hybridized carbons (Fsp3) is 0.571. The summed E-state index contributed by atoms with van der Waals surface area (Å²) in [5.41, 5.74) is 6.80. The van der Waals surface area contributed by atoms with Crippen LogP contribution in [0.4, 0.5) is 11.5 Å². The summed E-state index contributed by atoms with van der Waals surface area (Å²) in [6, 6.07) is 1.95. The average molecular weight is 295 g/mol. The smallest absolute Gasteiger partial charge is 0.340 e. The van der Waals surface area contributed by atoms with Gasteiger partial charge in [0.15, 0.2) is 0 Å². The molecule has 0 amide bonds. The number of ether oxygens (including phenoxy) is 1. The third-order valence-electron chi connectivity index (χ3n) is 3.56. The lowest BCUT2D eigenvalue weighted by atomic mass is 10.2. The number of hydrogen-bond acceptors (Lipinski definition) is 6. The van der Waals surface area contributed by atoms with Gasteiger partial charge in [0.2, 0.25) is 0 Å². The monoisotopic (exact) mass is 295 g/mol. The van der Waals surface area contributed by atoms with Crippen LogP contribution < -0.4 is 11.1 Å². The standard InChI is InChI=1S/C14H21N3O2S/c1-3-19-14(18)9-7-8-16-13(12(9)15)17-10-5-4-6-11(10)20-2/h7-8,10-11H,3-6,15H2,1-2H3,(H,16,17). The molecule has 2 atom stereocenters. The fourth-order valence-corrected chi connectivity index (χ4v) is 3.46. The summed E-state index contributed by atoms with van der Waals surface area (Å²) >= 11 is 1.86. The number of rotatable bonds is 5. The molecule has 1 aromatic rings. The third-order valence-corrected chi connectivity index (χ3v) is 4.73. The minimum absolute atomic E-state index is 0.334. The Hall–Kier alpha value is -1.43. The largest absolute Gasteiger partial charge is 0.462 e.